The van der Waals surface area contributed by atoms with E-state index in [9.17, 15) is 14.4 Å². The van der Waals surface area contributed by atoms with E-state index in [0.29, 0.717) is 16.8 Å². The highest BCUT2D eigenvalue weighted by Gasteiger charge is 2.14. The Balaban J connectivity index is 2.17. The molecule has 3 aromatic rings. The van der Waals surface area contributed by atoms with E-state index in [1.165, 1.54) is 6.92 Å². The third-order valence-electron chi connectivity index (χ3n) is 4.11. The fraction of sp³-hybridized carbons (Fsp3) is 0.211. The van der Waals surface area contributed by atoms with Gasteiger partial charge in [0, 0.05) is 34.4 Å². The second-order valence-corrected chi connectivity index (χ2v) is 5.78. The molecule has 3 rings (SSSR count). The zero-order chi connectivity index (χ0) is 17.3. The number of Topliss-reactive ketones (excluding diaryl/α,β-unsaturated/α-hetero) is 1. The van der Waals surface area contributed by atoms with Gasteiger partial charge >= 0.3 is 0 Å². The van der Waals surface area contributed by atoms with Crippen molar-refractivity contribution in [2.75, 3.05) is 6.67 Å². The fourth-order valence-electron chi connectivity index (χ4n) is 2.75. The largest absolute Gasteiger partial charge is 0.341 e. The van der Waals surface area contributed by atoms with E-state index in [4.69, 9.17) is 0 Å². The van der Waals surface area contributed by atoms with Gasteiger partial charge in [-0.3, -0.25) is 9.78 Å². The summed E-state index contributed by atoms with van der Waals surface area (Å²) in [6.45, 7) is 2.78. The summed E-state index contributed by atoms with van der Waals surface area (Å²) in [6.07, 6.45) is 3.27. The van der Waals surface area contributed by atoms with Crippen LogP contribution in [-0.2, 0) is 0 Å². The first kappa shape index (κ1) is 15.9. The van der Waals surface area contributed by atoms with Crippen LogP contribution in [0.25, 0.3) is 22.2 Å². The summed E-state index contributed by atoms with van der Waals surface area (Å²) in [5.74, 6) is -0.0274. The van der Waals surface area contributed by atoms with Gasteiger partial charge in [0.2, 0.25) is 0 Å². The summed E-state index contributed by atoms with van der Waals surface area (Å²) >= 11 is 0. The number of aromatic nitrogens is 2. The molecule has 0 spiro atoms. The maximum absolute atomic E-state index is 13.0. The third-order valence-corrected chi connectivity index (χ3v) is 4.11. The van der Waals surface area contributed by atoms with E-state index in [2.05, 4.69) is 11.1 Å². The Hall–Kier alpha value is -3.00. The van der Waals surface area contributed by atoms with E-state index in [-0.39, 0.29) is 11.8 Å². The van der Waals surface area contributed by atoms with Crippen LogP contribution in [0.4, 0.5) is 4.39 Å². The molecule has 2 heterocycles. The van der Waals surface area contributed by atoms with Crippen molar-refractivity contribution in [1.29, 1.82) is 5.26 Å². The summed E-state index contributed by atoms with van der Waals surface area (Å²) < 4.78 is 14.8. The first-order valence-electron chi connectivity index (χ1n) is 7.63. The van der Waals surface area contributed by atoms with Crippen LogP contribution in [0.5, 0.6) is 0 Å². The molecular weight excluding hydrogens is 305 g/mol. The number of halogens is 1. The Bertz CT molecular complexity index is 968. The summed E-state index contributed by atoms with van der Waals surface area (Å²) in [7, 11) is 0. The highest BCUT2D eigenvalue weighted by atomic mass is 19.1. The van der Waals surface area contributed by atoms with Gasteiger partial charge in [-0.2, -0.15) is 5.26 Å². The molecule has 1 atom stereocenters. The van der Waals surface area contributed by atoms with Crippen LogP contribution < -0.4 is 0 Å². The van der Waals surface area contributed by atoms with Crippen LogP contribution in [0.3, 0.4) is 0 Å². The predicted octanol–water partition coefficient (Wildman–Crippen LogP) is 4.31. The number of ketones is 1. The Morgan fingerprint density at radius 3 is 2.83 bits per heavy atom. The second-order valence-electron chi connectivity index (χ2n) is 5.78. The van der Waals surface area contributed by atoms with Crippen molar-refractivity contribution in [3.8, 4) is 17.3 Å². The molecule has 0 saturated heterocycles. The second kappa shape index (κ2) is 6.25. The smallest absolute Gasteiger partial charge is 0.159 e. The molecule has 1 unspecified atom stereocenters. The highest BCUT2D eigenvalue weighted by Crippen LogP contribution is 2.29. The van der Waals surface area contributed by atoms with E-state index in [1.807, 2.05) is 18.2 Å². The van der Waals surface area contributed by atoms with Crippen molar-refractivity contribution in [3.63, 3.8) is 0 Å². The number of fused-ring (bicyclic) bond motifs is 1. The summed E-state index contributed by atoms with van der Waals surface area (Å²) in [6, 6.07) is 10.8. The molecule has 0 N–H and O–H groups in total. The number of benzene rings is 1. The number of carbonyl (C=O) groups excluding carboxylic acids is 1. The molecule has 0 radical (unpaired) electrons. The van der Waals surface area contributed by atoms with Crippen molar-refractivity contribution in [1.82, 2.24) is 9.55 Å². The molecule has 5 heteroatoms. The Labute approximate surface area is 139 Å². The van der Waals surface area contributed by atoms with Gasteiger partial charge in [-0.1, -0.05) is 6.07 Å². The highest BCUT2D eigenvalue weighted by molar-refractivity contribution is 5.95. The topological polar surface area (TPSA) is 58.7 Å². The van der Waals surface area contributed by atoms with E-state index in [0.717, 1.165) is 16.5 Å². The lowest BCUT2D eigenvalue weighted by Crippen LogP contribution is -2.05. The lowest BCUT2D eigenvalue weighted by atomic mass is 10.0. The van der Waals surface area contributed by atoms with Gasteiger partial charge < -0.3 is 4.57 Å². The molecule has 120 valence electrons. The first-order valence-corrected chi connectivity index (χ1v) is 7.63. The SMILES string of the molecule is CC(=O)c1ccnc(-c2ccc3c(c2)c(C#N)cn3C(C)CF)c1. The standard InChI is InChI=1S/C19H16FN3O/c1-12(9-20)23-11-16(10-21)17-7-15(3-4-19(17)23)18-8-14(13(2)24)5-6-22-18/h3-8,11-12H,9H2,1-2H3. The molecule has 4 nitrogen and oxygen atoms in total. The third kappa shape index (κ3) is 2.67. The van der Waals surface area contributed by atoms with Gasteiger partial charge in [0.05, 0.1) is 17.3 Å². The molecule has 0 saturated carbocycles. The zero-order valence-corrected chi connectivity index (χ0v) is 13.5. The number of hydrogen-bond donors (Lipinski definition) is 0. The molecule has 0 aliphatic carbocycles. The van der Waals surface area contributed by atoms with Gasteiger partial charge in [-0.25, -0.2) is 4.39 Å². The van der Waals surface area contributed by atoms with E-state index >= 15 is 0 Å². The van der Waals surface area contributed by atoms with Crippen molar-refractivity contribution < 1.29 is 9.18 Å². The number of pyridine rings is 1. The van der Waals surface area contributed by atoms with Gasteiger partial charge in [0.15, 0.2) is 5.78 Å². The number of nitriles is 1. The fourth-order valence-corrected chi connectivity index (χ4v) is 2.75. The van der Waals surface area contributed by atoms with Gasteiger partial charge in [-0.05, 0) is 38.1 Å². The average Bonchev–Trinajstić information content (AvgIpc) is 2.99. The van der Waals surface area contributed by atoms with Crippen LogP contribution in [0, 0.1) is 11.3 Å². The molecule has 0 bridgehead atoms. The molecular formula is C19H16FN3O. The zero-order valence-electron chi connectivity index (χ0n) is 13.5. The molecule has 2 aromatic heterocycles. The number of nitrogens with zero attached hydrogens (tertiary/aromatic N) is 3. The molecule has 1 aromatic carbocycles. The lowest BCUT2D eigenvalue weighted by molar-refractivity contribution is 0.101. The minimum atomic E-state index is -0.501. The lowest BCUT2D eigenvalue weighted by Gasteiger charge is -2.11. The Morgan fingerprint density at radius 2 is 2.17 bits per heavy atom. The minimum absolute atomic E-state index is 0.0274. The molecule has 0 fully saturated rings. The quantitative estimate of drug-likeness (QED) is 0.673. The van der Waals surface area contributed by atoms with Crippen molar-refractivity contribution >= 4 is 16.7 Å². The van der Waals surface area contributed by atoms with Crippen molar-refractivity contribution in [3.05, 3.63) is 53.9 Å². The summed E-state index contributed by atoms with van der Waals surface area (Å²) in [4.78, 5) is 15.9. The number of hydrogen-bond acceptors (Lipinski definition) is 3. The first-order chi connectivity index (χ1) is 11.5. The van der Waals surface area contributed by atoms with Crippen LogP contribution >= 0.6 is 0 Å². The maximum atomic E-state index is 13.0. The van der Waals surface area contributed by atoms with E-state index in [1.54, 1.807) is 36.0 Å². The van der Waals surface area contributed by atoms with Gasteiger partial charge in [0.25, 0.3) is 0 Å². The summed E-state index contributed by atoms with van der Waals surface area (Å²) in [5, 5.41) is 10.1. The maximum Gasteiger partial charge on any atom is 0.159 e. The molecule has 0 aliphatic rings. The van der Waals surface area contributed by atoms with Crippen LogP contribution in [0.2, 0.25) is 0 Å². The number of rotatable bonds is 4. The average molecular weight is 321 g/mol. The Kier molecular flexibility index (Phi) is 4.13. The van der Waals surface area contributed by atoms with Gasteiger partial charge in [-0.15, -0.1) is 0 Å². The molecule has 24 heavy (non-hydrogen) atoms. The normalized spacial score (nSPS) is 12.1. The Morgan fingerprint density at radius 1 is 1.38 bits per heavy atom. The van der Waals surface area contributed by atoms with Crippen LogP contribution in [0.1, 0.15) is 35.8 Å². The monoisotopic (exact) mass is 321 g/mol. The van der Waals surface area contributed by atoms with Crippen molar-refractivity contribution in [2.24, 2.45) is 0 Å². The molecule has 0 aliphatic heterocycles. The number of alkyl halides is 1. The van der Waals surface area contributed by atoms with Gasteiger partial charge in [0.1, 0.15) is 12.7 Å². The van der Waals surface area contributed by atoms with Crippen LogP contribution in [-0.4, -0.2) is 22.0 Å². The van der Waals surface area contributed by atoms with Crippen molar-refractivity contribution in [2.45, 2.75) is 19.9 Å². The number of carbonyl (C=O) groups is 1. The minimum Gasteiger partial charge on any atom is -0.341 e. The molecule has 0 amide bonds. The summed E-state index contributed by atoms with van der Waals surface area (Å²) in [5.41, 5.74) is 3.37. The van der Waals surface area contributed by atoms with Crippen LogP contribution in [0.15, 0.2) is 42.7 Å². The van der Waals surface area contributed by atoms with E-state index < -0.39 is 6.67 Å². The predicted molar refractivity (Wildman–Crippen MR) is 90.6 cm³/mol.